The zero-order chi connectivity index (χ0) is 10.3. The lowest BCUT2D eigenvalue weighted by molar-refractivity contribution is -0.119. The van der Waals surface area contributed by atoms with Gasteiger partial charge < -0.3 is 5.32 Å². The van der Waals surface area contributed by atoms with Crippen molar-refractivity contribution in [1.29, 1.82) is 0 Å². The highest BCUT2D eigenvalue weighted by Crippen LogP contribution is 2.23. The SMILES string of the molecule is CC.CC(=O)NC1CCCC(C)C1. The largest absolute Gasteiger partial charge is 0.354 e. The van der Waals surface area contributed by atoms with Crippen LogP contribution >= 0.6 is 0 Å². The Morgan fingerprint density at radius 1 is 1.31 bits per heavy atom. The van der Waals surface area contributed by atoms with E-state index in [2.05, 4.69) is 12.2 Å². The van der Waals surface area contributed by atoms with Crippen LogP contribution in [0.4, 0.5) is 0 Å². The molecule has 2 atom stereocenters. The highest BCUT2D eigenvalue weighted by molar-refractivity contribution is 5.73. The molecule has 0 aliphatic heterocycles. The van der Waals surface area contributed by atoms with Crippen LogP contribution in [0.5, 0.6) is 0 Å². The highest BCUT2D eigenvalue weighted by atomic mass is 16.1. The van der Waals surface area contributed by atoms with Crippen LogP contribution in [-0.4, -0.2) is 11.9 Å². The molecular weight excluding hydrogens is 162 g/mol. The fraction of sp³-hybridized carbons (Fsp3) is 0.909. The zero-order valence-corrected chi connectivity index (χ0v) is 9.39. The molecule has 2 nitrogen and oxygen atoms in total. The molecule has 1 fully saturated rings. The van der Waals surface area contributed by atoms with Gasteiger partial charge in [-0.15, -0.1) is 0 Å². The van der Waals surface area contributed by atoms with E-state index in [9.17, 15) is 4.79 Å². The Morgan fingerprint density at radius 2 is 1.92 bits per heavy atom. The number of amides is 1. The monoisotopic (exact) mass is 185 g/mol. The summed E-state index contributed by atoms with van der Waals surface area (Å²) < 4.78 is 0. The molecule has 2 unspecified atom stereocenters. The van der Waals surface area contributed by atoms with Gasteiger partial charge in [-0.2, -0.15) is 0 Å². The van der Waals surface area contributed by atoms with E-state index in [-0.39, 0.29) is 5.91 Å². The standard InChI is InChI=1S/C9H17NO.C2H6/c1-7-4-3-5-9(6-7)10-8(2)11;1-2/h7,9H,3-6H2,1-2H3,(H,10,11);1-2H3. The maximum absolute atomic E-state index is 10.7. The van der Waals surface area contributed by atoms with Gasteiger partial charge in [-0.25, -0.2) is 0 Å². The molecule has 0 aromatic carbocycles. The second kappa shape index (κ2) is 6.93. The number of rotatable bonds is 1. The van der Waals surface area contributed by atoms with Gasteiger partial charge in [-0.05, 0) is 18.8 Å². The first-order valence-electron chi connectivity index (χ1n) is 5.45. The van der Waals surface area contributed by atoms with E-state index in [0.717, 1.165) is 5.92 Å². The van der Waals surface area contributed by atoms with E-state index in [1.54, 1.807) is 6.92 Å². The Morgan fingerprint density at radius 3 is 2.38 bits per heavy atom. The van der Waals surface area contributed by atoms with Gasteiger partial charge in [0.05, 0.1) is 0 Å². The molecule has 1 aliphatic carbocycles. The van der Waals surface area contributed by atoms with Gasteiger partial charge in [-0.3, -0.25) is 4.79 Å². The van der Waals surface area contributed by atoms with Crippen LogP contribution in [0.1, 0.15) is 53.4 Å². The summed E-state index contributed by atoms with van der Waals surface area (Å²) in [5, 5.41) is 2.97. The predicted molar refractivity (Wildman–Crippen MR) is 56.6 cm³/mol. The molecule has 78 valence electrons. The average molecular weight is 185 g/mol. The Bertz CT molecular complexity index is 145. The van der Waals surface area contributed by atoms with Gasteiger partial charge in [0.25, 0.3) is 0 Å². The Kier molecular flexibility index (Phi) is 6.65. The smallest absolute Gasteiger partial charge is 0.217 e. The molecule has 1 saturated carbocycles. The Labute approximate surface area is 82.1 Å². The van der Waals surface area contributed by atoms with Gasteiger partial charge >= 0.3 is 0 Å². The summed E-state index contributed by atoms with van der Waals surface area (Å²) in [6, 6.07) is 0.455. The van der Waals surface area contributed by atoms with E-state index in [1.807, 2.05) is 13.8 Å². The fourth-order valence-corrected chi connectivity index (χ4v) is 1.85. The fourth-order valence-electron chi connectivity index (χ4n) is 1.85. The zero-order valence-electron chi connectivity index (χ0n) is 9.39. The summed E-state index contributed by atoms with van der Waals surface area (Å²) in [6.07, 6.45) is 4.94. The summed E-state index contributed by atoms with van der Waals surface area (Å²) in [5.74, 6) is 0.907. The highest BCUT2D eigenvalue weighted by Gasteiger charge is 2.18. The van der Waals surface area contributed by atoms with Crippen LogP contribution in [0.15, 0.2) is 0 Å². The summed E-state index contributed by atoms with van der Waals surface area (Å²) in [4.78, 5) is 10.7. The first-order valence-corrected chi connectivity index (χ1v) is 5.45. The molecule has 1 aliphatic rings. The van der Waals surface area contributed by atoms with Crippen molar-refractivity contribution in [2.45, 2.75) is 59.4 Å². The van der Waals surface area contributed by atoms with Crippen molar-refractivity contribution in [3.8, 4) is 0 Å². The van der Waals surface area contributed by atoms with Crippen LogP contribution in [-0.2, 0) is 4.79 Å². The van der Waals surface area contributed by atoms with Crippen molar-refractivity contribution in [3.63, 3.8) is 0 Å². The Balaban J connectivity index is 0.000000671. The van der Waals surface area contributed by atoms with Crippen molar-refractivity contribution in [2.75, 3.05) is 0 Å². The Hall–Kier alpha value is -0.530. The molecule has 1 rings (SSSR count). The van der Waals surface area contributed by atoms with Gasteiger partial charge in [0.1, 0.15) is 0 Å². The van der Waals surface area contributed by atoms with Crippen molar-refractivity contribution < 1.29 is 4.79 Å². The van der Waals surface area contributed by atoms with Gasteiger partial charge in [0, 0.05) is 13.0 Å². The van der Waals surface area contributed by atoms with E-state index < -0.39 is 0 Å². The van der Waals surface area contributed by atoms with Gasteiger partial charge in [0.15, 0.2) is 0 Å². The van der Waals surface area contributed by atoms with Crippen LogP contribution < -0.4 is 5.32 Å². The topological polar surface area (TPSA) is 29.1 Å². The molecule has 13 heavy (non-hydrogen) atoms. The molecule has 2 heteroatoms. The lowest BCUT2D eigenvalue weighted by Gasteiger charge is -2.26. The first-order chi connectivity index (χ1) is 6.18. The molecule has 0 bridgehead atoms. The minimum atomic E-state index is 0.115. The third-order valence-corrected chi connectivity index (χ3v) is 2.34. The van der Waals surface area contributed by atoms with Crippen LogP contribution in [0.3, 0.4) is 0 Å². The van der Waals surface area contributed by atoms with Crippen molar-refractivity contribution in [3.05, 3.63) is 0 Å². The lowest BCUT2D eigenvalue weighted by atomic mass is 9.87. The lowest BCUT2D eigenvalue weighted by Crippen LogP contribution is -2.36. The van der Waals surface area contributed by atoms with Crippen molar-refractivity contribution in [2.24, 2.45) is 5.92 Å². The van der Waals surface area contributed by atoms with Gasteiger partial charge in [-0.1, -0.05) is 33.6 Å². The molecule has 1 amide bonds. The second-order valence-corrected chi connectivity index (χ2v) is 3.67. The van der Waals surface area contributed by atoms with E-state index in [1.165, 1.54) is 25.7 Å². The minimum absolute atomic E-state index is 0.115. The number of hydrogen-bond donors (Lipinski definition) is 1. The van der Waals surface area contributed by atoms with Crippen molar-refractivity contribution in [1.82, 2.24) is 5.32 Å². The number of hydrogen-bond acceptors (Lipinski definition) is 1. The molecule has 0 radical (unpaired) electrons. The molecule has 0 aromatic heterocycles. The molecular formula is C11H23NO. The van der Waals surface area contributed by atoms with E-state index in [4.69, 9.17) is 0 Å². The quantitative estimate of drug-likeness (QED) is 0.668. The molecule has 1 N–H and O–H groups in total. The summed E-state index contributed by atoms with van der Waals surface area (Å²) >= 11 is 0. The molecule has 0 spiro atoms. The molecule has 0 aromatic rings. The summed E-state index contributed by atoms with van der Waals surface area (Å²) in [5.41, 5.74) is 0. The first kappa shape index (κ1) is 12.5. The van der Waals surface area contributed by atoms with Crippen LogP contribution in [0.2, 0.25) is 0 Å². The third kappa shape index (κ3) is 5.67. The molecule has 0 saturated heterocycles. The van der Waals surface area contributed by atoms with E-state index >= 15 is 0 Å². The van der Waals surface area contributed by atoms with Crippen molar-refractivity contribution >= 4 is 5.91 Å². The number of carbonyl (C=O) groups excluding carboxylic acids is 1. The maximum Gasteiger partial charge on any atom is 0.217 e. The third-order valence-electron chi connectivity index (χ3n) is 2.34. The van der Waals surface area contributed by atoms with Gasteiger partial charge in [0.2, 0.25) is 5.91 Å². The van der Waals surface area contributed by atoms with E-state index in [0.29, 0.717) is 6.04 Å². The second-order valence-electron chi connectivity index (χ2n) is 3.67. The van der Waals surface area contributed by atoms with Crippen LogP contribution in [0.25, 0.3) is 0 Å². The molecule has 0 heterocycles. The number of carbonyl (C=O) groups is 1. The maximum atomic E-state index is 10.7. The van der Waals surface area contributed by atoms with Crippen LogP contribution in [0, 0.1) is 5.92 Å². The average Bonchev–Trinajstić information content (AvgIpc) is 2.06. The minimum Gasteiger partial charge on any atom is -0.354 e. The summed E-state index contributed by atoms with van der Waals surface area (Å²) in [7, 11) is 0. The predicted octanol–water partition coefficient (Wildman–Crippen LogP) is 2.73. The number of nitrogens with one attached hydrogen (secondary N) is 1. The summed E-state index contributed by atoms with van der Waals surface area (Å²) in [6.45, 7) is 7.85. The normalized spacial score (nSPS) is 27.1.